The second-order valence-corrected chi connectivity index (χ2v) is 7.51. The molecule has 2 aromatic carbocycles. The van der Waals surface area contributed by atoms with E-state index >= 15 is 0 Å². The summed E-state index contributed by atoms with van der Waals surface area (Å²) in [6.07, 6.45) is 1.73. The lowest BCUT2D eigenvalue weighted by atomic mass is 10.1. The maximum Gasteiger partial charge on any atom is 0.313 e. The Bertz CT molecular complexity index is 1010. The van der Waals surface area contributed by atoms with E-state index in [-0.39, 0.29) is 11.4 Å². The van der Waals surface area contributed by atoms with Crippen molar-refractivity contribution >= 4 is 61.6 Å². The molecule has 0 aliphatic rings. The van der Waals surface area contributed by atoms with E-state index in [1.54, 1.807) is 25.3 Å². The minimum atomic E-state index is -0.941. The van der Waals surface area contributed by atoms with Crippen LogP contribution in [-0.2, 0) is 4.79 Å². The van der Waals surface area contributed by atoms with Gasteiger partial charge in [0.15, 0.2) is 0 Å². The molecule has 3 aromatic rings. The second kappa shape index (κ2) is 8.19. The summed E-state index contributed by atoms with van der Waals surface area (Å²) in [4.78, 5) is 27.1. The van der Waals surface area contributed by atoms with Gasteiger partial charge < -0.3 is 10.4 Å². The zero-order valence-corrected chi connectivity index (χ0v) is 15.8. The maximum absolute atomic E-state index is 11.3. The van der Waals surface area contributed by atoms with Crippen LogP contribution in [-0.4, -0.2) is 33.8 Å². The van der Waals surface area contributed by atoms with Crippen LogP contribution in [0.15, 0.2) is 42.5 Å². The zero-order valence-electron chi connectivity index (χ0n) is 14.2. The number of nitro benzene ring substituents is 1. The van der Waals surface area contributed by atoms with Gasteiger partial charge >= 0.3 is 5.97 Å². The fourth-order valence-electron chi connectivity index (χ4n) is 2.43. The molecule has 0 aliphatic heterocycles. The van der Waals surface area contributed by atoms with Crippen LogP contribution < -0.4 is 5.32 Å². The Morgan fingerprint density at radius 3 is 2.81 bits per heavy atom. The molecule has 1 aromatic heterocycles. The van der Waals surface area contributed by atoms with Crippen molar-refractivity contribution in [1.29, 1.82) is 0 Å². The summed E-state index contributed by atoms with van der Waals surface area (Å²) in [5.74, 6) is -1.07. The molecule has 138 valence electrons. The highest BCUT2D eigenvalue weighted by Gasteiger charge is 2.15. The monoisotopic (exact) mass is 401 g/mol. The quantitative estimate of drug-likeness (QED) is 0.441. The first kappa shape index (κ1) is 18.9. The number of aromatic nitrogens is 1. The topological polar surface area (TPSA) is 105 Å². The number of hydrogen-bond acceptors (Lipinski definition) is 7. The predicted molar refractivity (Wildman–Crippen MR) is 110 cm³/mol. The van der Waals surface area contributed by atoms with E-state index in [2.05, 4.69) is 10.3 Å². The number of thiazole rings is 1. The van der Waals surface area contributed by atoms with Crippen molar-refractivity contribution in [3.05, 3.63) is 63.1 Å². The summed E-state index contributed by atoms with van der Waals surface area (Å²) in [7, 11) is 1.62. The van der Waals surface area contributed by atoms with E-state index in [0.717, 1.165) is 22.0 Å². The minimum absolute atomic E-state index is 0.0434. The Hall–Kier alpha value is -2.91. The molecule has 9 heteroatoms. The molecule has 1 heterocycles. The molecule has 0 saturated carbocycles. The van der Waals surface area contributed by atoms with Crippen molar-refractivity contribution in [1.82, 2.24) is 4.98 Å². The van der Waals surface area contributed by atoms with E-state index in [1.165, 1.54) is 17.4 Å². The SMILES string of the molecule is CNc1ccc(/C=C(\SCC(=O)O)c2nc3ccccc3s2)cc1[N+](=O)[O-]. The third-order valence-electron chi connectivity index (χ3n) is 3.64. The van der Waals surface area contributed by atoms with Gasteiger partial charge in [-0.3, -0.25) is 14.9 Å². The van der Waals surface area contributed by atoms with Crippen LogP contribution in [0.25, 0.3) is 21.2 Å². The molecular weight excluding hydrogens is 386 g/mol. The highest BCUT2D eigenvalue weighted by molar-refractivity contribution is 8.09. The van der Waals surface area contributed by atoms with Crippen LogP contribution in [0, 0.1) is 10.1 Å². The number of rotatable bonds is 7. The number of carbonyl (C=O) groups is 1. The summed E-state index contributed by atoms with van der Waals surface area (Å²) in [6, 6.07) is 12.5. The van der Waals surface area contributed by atoms with E-state index in [4.69, 9.17) is 5.11 Å². The van der Waals surface area contributed by atoms with Crippen molar-refractivity contribution in [2.24, 2.45) is 0 Å². The van der Waals surface area contributed by atoms with Gasteiger partial charge in [-0.1, -0.05) is 18.2 Å². The van der Waals surface area contributed by atoms with Crippen LogP contribution in [0.2, 0.25) is 0 Å². The highest BCUT2D eigenvalue weighted by Crippen LogP contribution is 2.36. The van der Waals surface area contributed by atoms with Crippen LogP contribution in [0.1, 0.15) is 10.6 Å². The molecule has 0 atom stereocenters. The normalized spacial score (nSPS) is 11.5. The van der Waals surface area contributed by atoms with Crippen molar-refractivity contribution in [2.75, 3.05) is 18.1 Å². The van der Waals surface area contributed by atoms with Gasteiger partial charge in [0.25, 0.3) is 5.69 Å². The minimum Gasteiger partial charge on any atom is -0.481 e. The largest absolute Gasteiger partial charge is 0.481 e. The number of aliphatic carboxylic acids is 1. The molecule has 0 bridgehead atoms. The Morgan fingerprint density at radius 2 is 2.15 bits per heavy atom. The molecular formula is C18H15N3O4S2. The lowest BCUT2D eigenvalue weighted by Crippen LogP contribution is -1.98. The van der Waals surface area contributed by atoms with Crippen molar-refractivity contribution in [2.45, 2.75) is 0 Å². The Kier molecular flexibility index (Phi) is 5.72. The summed E-state index contributed by atoms with van der Waals surface area (Å²) in [5, 5.41) is 23.8. The van der Waals surface area contributed by atoms with Gasteiger partial charge in [-0.05, 0) is 29.8 Å². The Balaban J connectivity index is 2.05. The molecule has 3 rings (SSSR count). The predicted octanol–water partition coefficient (Wildman–Crippen LogP) is 4.56. The van der Waals surface area contributed by atoms with Crippen molar-refractivity contribution in [3.8, 4) is 0 Å². The fraction of sp³-hybridized carbons (Fsp3) is 0.111. The number of anilines is 1. The summed E-state index contributed by atoms with van der Waals surface area (Å²) >= 11 is 2.60. The van der Waals surface area contributed by atoms with Gasteiger partial charge in [-0.25, -0.2) is 4.98 Å². The average Bonchev–Trinajstić information content (AvgIpc) is 3.08. The van der Waals surface area contributed by atoms with E-state index in [9.17, 15) is 14.9 Å². The van der Waals surface area contributed by atoms with Crippen LogP contribution in [0.5, 0.6) is 0 Å². The molecule has 0 unspecified atom stereocenters. The Labute approximate surface area is 162 Å². The van der Waals surface area contributed by atoms with Gasteiger partial charge in [0.1, 0.15) is 10.7 Å². The number of hydrogen-bond donors (Lipinski definition) is 2. The molecule has 0 radical (unpaired) electrons. The van der Waals surface area contributed by atoms with Crippen LogP contribution in [0.4, 0.5) is 11.4 Å². The molecule has 0 fully saturated rings. The van der Waals surface area contributed by atoms with Crippen molar-refractivity contribution < 1.29 is 14.8 Å². The maximum atomic E-state index is 11.3. The molecule has 0 spiro atoms. The number of para-hydroxylation sites is 1. The standard InChI is InChI=1S/C18H15N3O4S2/c1-19-12-7-6-11(8-14(12)21(24)25)9-16(26-10-17(22)23)18-20-13-4-2-3-5-15(13)27-18/h2-9,19H,10H2,1H3,(H,22,23)/b16-9-. The first-order chi connectivity index (χ1) is 13.0. The van der Waals surface area contributed by atoms with Crippen molar-refractivity contribution in [3.63, 3.8) is 0 Å². The van der Waals surface area contributed by atoms with E-state index in [0.29, 0.717) is 21.2 Å². The molecule has 27 heavy (non-hydrogen) atoms. The molecule has 0 aliphatic carbocycles. The Morgan fingerprint density at radius 1 is 1.37 bits per heavy atom. The van der Waals surface area contributed by atoms with Gasteiger partial charge in [-0.2, -0.15) is 0 Å². The molecule has 0 amide bonds. The molecule has 0 saturated heterocycles. The van der Waals surface area contributed by atoms with E-state index in [1.807, 2.05) is 24.3 Å². The third-order valence-corrected chi connectivity index (χ3v) is 5.85. The van der Waals surface area contributed by atoms with Gasteiger partial charge in [0, 0.05) is 18.0 Å². The number of nitrogens with one attached hydrogen (secondary N) is 1. The number of benzene rings is 2. The van der Waals surface area contributed by atoms with E-state index < -0.39 is 10.9 Å². The summed E-state index contributed by atoms with van der Waals surface area (Å²) in [5.41, 5.74) is 1.80. The first-order valence-electron chi connectivity index (χ1n) is 7.86. The van der Waals surface area contributed by atoms with Gasteiger partial charge in [0.05, 0.1) is 20.9 Å². The van der Waals surface area contributed by atoms with Crippen LogP contribution >= 0.6 is 23.1 Å². The van der Waals surface area contributed by atoms with Gasteiger partial charge in [0.2, 0.25) is 0 Å². The summed E-state index contributed by atoms with van der Waals surface area (Å²) in [6.45, 7) is 0. The lowest BCUT2D eigenvalue weighted by Gasteiger charge is -2.05. The average molecular weight is 401 g/mol. The second-order valence-electron chi connectivity index (χ2n) is 5.46. The lowest BCUT2D eigenvalue weighted by molar-refractivity contribution is -0.383. The fourth-order valence-corrected chi connectivity index (χ4v) is 4.28. The summed E-state index contributed by atoms with van der Waals surface area (Å²) < 4.78 is 0.992. The number of nitro groups is 1. The third kappa shape index (κ3) is 4.44. The highest BCUT2D eigenvalue weighted by atomic mass is 32.2. The number of thioether (sulfide) groups is 1. The number of carboxylic acid groups (broad SMARTS) is 1. The molecule has 2 N–H and O–H groups in total. The molecule has 7 nitrogen and oxygen atoms in total. The zero-order chi connectivity index (χ0) is 19.4. The number of nitrogens with zero attached hydrogens (tertiary/aromatic N) is 2. The van der Waals surface area contributed by atoms with Gasteiger partial charge in [-0.15, -0.1) is 23.1 Å². The number of fused-ring (bicyclic) bond motifs is 1. The smallest absolute Gasteiger partial charge is 0.313 e. The number of carboxylic acids is 1. The first-order valence-corrected chi connectivity index (χ1v) is 9.66. The van der Waals surface area contributed by atoms with Crippen LogP contribution in [0.3, 0.4) is 0 Å².